The van der Waals surface area contributed by atoms with E-state index in [1.54, 1.807) is 0 Å². The van der Waals surface area contributed by atoms with Crippen LogP contribution in [-0.4, -0.2) is 23.1 Å². The minimum atomic E-state index is -0.474. The molecular weight excluding hydrogens is 234 g/mol. The Hall–Kier alpha value is -1.69. The van der Waals surface area contributed by atoms with Crippen LogP contribution in [0.4, 0.5) is 5.69 Å². The van der Waals surface area contributed by atoms with Crippen molar-refractivity contribution in [3.63, 3.8) is 0 Å². The topological polar surface area (TPSA) is 91.3 Å². The van der Waals surface area contributed by atoms with Crippen molar-refractivity contribution in [3.05, 3.63) is 28.4 Å². The van der Waals surface area contributed by atoms with E-state index in [9.17, 15) is 10.1 Å². The Balaban J connectivity index is 1.88. The largest absolute Gasteiger partial charge is 0.477 e. The molecule has 2 rings (SSSR count). The maximum atomic E-state index is 10.5. The highest BCUT2D eigenvalue weighted by molar-refractivity contribution is 5.28. The highest BCUT2D eigenvalue weighted by Gasteiger charge is 2.26. The van der Waals surface area contributed by atoms with Crippen LogP contribution in [0.3, 0.4) is 0 Å². The molecule has 1 aromatic heterocycles. The van der Waals surface area contributed by atoms with E-state index in [1.165, 1.54) is 24.8 Å². The number of nitrogens with zero attached hydrogens (tertiary/aromatic N) is 2. The molecule has 0 saturated heterocycles. The highest BCUT2D eigenvalue weighted by atomic mass is 16.6. The van der Waals surface area contributed by atoms with Gasteiger partial charge in [0, 0.05) is 12.1 Å². The van der Waals surface area contributed by atoms with E-state index in [4.69, 9.17) is 10.5 Å². The van der Waals surface area contributed by atoms with Gasteiger partial charge < -0.3 is 10.5 Å². The van der Waals surface area contributed by atoms with Crippen molar-refractivity contribution >= 4 is 5.69 Å². The molecular formula is C12H17N3O3. The Morgan fingerprint density at radius 2 is 2.22 bits per heavy atom. The summed E-state index contributed by atoms with van der Waals surface area (Å²) in [6, 6.07) is 2.93. The van der Waals surface area contributed by atoms with Crippen molar-refractivity contribution in [2.75, 3.05) is 13.2 Å². The van der Waals surface area contributed by atoms with Gasteiger partial charge in [-0.05, 0) is 31.2 Å². The second-order valence-electron chi connectivity index (χ2n) is 4.61. The fourth-order valence-corrected chi connectivity index (χ4v) is 2.40. The molecule has 1 aromatic rings. The Morgan fingerprint density at radius 1 is 1.44 bits per heavy atom. The van der Waals surface area contributed by atoms with Gasteiger partial charge in [-0.25, -0.2) is 4.98 Å². The smallest absolute Gasteiger partial charge is 0.287 e. The number of ether oxygens (including phenoxy) is 1. The van der Waals surface area contributed by atoms with E-state index in [2.05, 4.69) is 4.98 Å². The van der Waals surface area contributed by atoms with Gasteiger partial charge in [-0.15, -0.1) is 0 Å². The van der Waals surface area contributed by atoms with Crippen LogP contribution >= 0.6 is 0 Å². The van der Waals surface area contributed by atoms with E-state index < -0.39 is 4.92 Å². The first kappa shape index (κ1) is 12.8. The van der Waals surface area contributed by atoms with Crippen LogP contribution < -0.4 is 10.5 Å². The molecule has 0 aliphatic heterocycles. The van der Waals surface area contributed by atoms with Crippen LogP contribution in [0, 0.1) is 22.0 Å². The molecule has 0 spiro atoms. The van der Waals surface area contributed by atoms with Crippen LogP contribution in [0.25, 0.3) is 0 Å². The standard InChI is InChI=1S/C12H17N3O3/c13-6-9-2-1-3-10(9)8-18-12-5-4-11(7-14-12)15(16)17/h4-5,7,9-10H,1-3,6,8,13H2. The first-order valence-electron chi connectivity index (χ1n) is 6.14. The zero-order valence-corrected chi connectivity index (χ0v) is 10.1. The average Bonchev–Trinajstić information content (AvgIpc) is 2.84. The average molecular weight is 251 g/mol. The Labute approximate surface area is 105 Å². The lowest BCUT2D eigenvalue weighted by Crippen LogP contribution is -2.23. The summed E-state index contributed by atoms with van der Waals surface area (Å²) in [6.45, 7) is 1.29. The maximum absolute atomic E-state index is 10.5. The summed E-state index contributed by atoms with van der Waals surface area (Å²) in [5.74, 6) is 1.44. The quantitative estimate of drug-likeness (QED) is 0.635. The molecule has 98 valence electrons. The molecule has 18 heavy (non-hydrogen) atoms. The third-order valence-electron chi connectivity index (χ3n) is 3.50. The zero-order valence-electron chi connectivity index (χ0n) is 10.1. The number of hydrogen-bond donors (Lipinski definition) is 1. The second-order valence-corrected chi connectivity index (χ2v) is 4.61. The van der Waals surface area contributed by atoms with Gasteiger partial charge in [0.05, 0.1) is 11.5 Å². The van der Waals surface area contributed by atoms with E-state index >= 15 is 0 Å². The fraction of sp³-hybridized carbons (Fsp3) is 0.583. The van der Waals surface area contributed by atoms with Crippen molar-refractivity contribution < 1.29 is 9.66 Å². The lowest BCUT2D eigenvalue weighted by Gasteiger charge is -2.17. The molecule has 0 amide bonds. The van der Waals surface area contributed by atoms with Gasteiger partial charge in [0.25, 0.3) is 5.69 Å². The molecule has 1 heterocycles. The van der Waals surface area contributed by atoms with E-state index in [-0.39, 0.29) is 5.69 Å². The number of pyridine rings is 1. The molecule has 6 heteroatoms. The van der Waals surface area contributed by atoms with E-state index in [1.807, 2.05) is 0 Å². The predicted octanol–water partition coefficient (Wildman–Crippen LogP) is 1.74. The molecule has 1 fully saturated rings. The zero-order chi connectivity index (χ0) is 13.0. The molecule has 0 aromatic carbocycles. The Morgan fingerprint density at radius 3 is 2.83 bits per heavy atom. The van der Waals surface area contributed by atoms with Crippen molar-refractivity contribution in [1.29, 1.82) is 0 Å². The van der Waals surface area contributed by atoms with Gasteiger partial charge >= 0.3 is 0 Å². The molecule has 0 bridgehead atoms. The number of rotatable bonds is 5. The van der Waals surface area contributed by atoms with Gasteiger partial charge in [0.2, 0.25) is 5.88 Å². The molecule has 2 atom stereocenters. The first-order chi connectivity index (χ1) is 8.70. The van der Waals surface area contributed by atoms with Gasteiger partial charge in [0.15, 0.2) is 0 Å². The van der Waals surface area contributed by atoms with Crippen LogP contribution in [0.5, 0.6) is 5.88 Å². The van der Waals surface area contributed by atoms with Gasteiger partial charge in [-0.2, -0.15) is 0 Å². The van der Waals surface area contributed by atoms with E-state index in [0.29, 0.717) is 30.9 Å². The highest BCUT2D eigenvalue weighted by Crippen LogP contribution is 2.31. The van der Waals surface area contributed by atoms with Crippen molar-refractivity contribution in [2.45, 2.75) is 19.3 Å². The second kappa shape index (κ2) is 5.77. The number of nitro groups is 1. The Kier molecular flexibility index (Phi) is 4.09. The van der Waals surface area contributed by atoms with Crippen molar-refractivity contribution in [3.8, 4) is 5.88 Å². The van der Waals surface area contributed by atoms with E-state index in [0.717, 1.165) is 12.8 Å². The molecule has 2 N–H and O–H groups in total. The molecule has 6 nitrogen and oxygen atoms in total. The van der Waals surface area contributed by atoms with Crippen LogP contribution in [-0.2, 0) is 0 Å². The molecule has 1 saturated carbocycles. The summed E-state index contributed by atoms with van der Waals surface area (Å²) in [7, 11) is 0. The summed E-state index contributed by atoms with van der Waals surface area (Å²) in [4.78, 5) is 13.9. The molecule has 0 radical (unpaired) electrons. The number of hydrogen-bond acceptors (Lipinski definition) is 5. The number of aromatic nitrogens is 1. The summed E-state index contributed by atoms with van der Waals surface area (Å²) >= 11 is 0. The summed E-state index contributed by atoms with van der Waals surface area (Å²) in [5.41, 5.74) is 5.68. The SMILES string of the molecule is NCC1CCCC1COc1ccc([N+](=O)[O-])cn1. The minimum Gasteiger partial charge on any atom is -0.477 e. The van der Waals surface area contributed by atoms with Crippen LogP contribution in [0.1, 0.15) is 19.3 Å². The summed E-state index contributed by atoms with van der Waals surface area (Å²) < 4.78 is 5.57. The van der Waals surface area contributed by atoms with Gasteiger partial charge in [0.1, 0.15) is 6.20 Å². The fourth-order valence-electron chi connectivity index (χ4n) is 2.40. The van der Waals surface area contributed by atoms with Gasteiger partial charge in [-0.3, -0.25) is 10.1 Å². The normalized spacial score (nSPS) is 22.9. The van der Waals surface area contributed by atoms with Crippen LogP contribution in [0.15, 0.2) is 18.3 Å². The summed E-state index contributed by atoms with van der Waals surface area (Å²) in [5, 5.41) is 10.5. The Bertz CT molecular complexity index is 408. The maximum Gasteiger partial charge on any atom is 0.287 e. The number of nitrogens with two attached hydrogens (primary N) is 1. The third kappa shape index (κ3) is 2.95. The van der Waals surface area contributed by atoms with Crippen molar-refractivity contribution in [1.82, 2.24) is 4.98 Å². The molecule has 1 aliphatic carbocycles. The minimum absolute atomic E-state index is 0.0250. The molecule has 1 aliphatic rings. The lowest BCUT2D eigenvalue weighted by atomic mass is 9.97. The molecule has 2 unspecified atom stereocenters. The van der Waals surface area contributed by atoms with Crippen molar-refractivity contribution in [2.24, 2.45) is 17.6 Å². The first-order valence-corrected chi connectivity index (χ1v) is 6.14. The predicted molar refractivity (Wildman–Crippen MR) is 66.3 cm³/mol. The van der Waals surface area contributed by atoms with Gasteiger partial charge in [-0.1, -0.05) is 6.42 Å². The third-order valence-corrected chi connectivity index (χ3v) is 3.50. The van der Waals surface area contributed by atoms with Crippen LogP contribution in [0.2, 0.25) is 0 Å². The monoisotopic (exact) mass is 251 g/mol. The lowest BCUT2D eigenvalue weighted by molar-refractivity contribution is -0.385. The summed E-state index contributed by atoms with van der Waals surface area (Å²) in [6.07, 6.45) is 4.71.